The molecule has 0 amide bonds. The van der Waals surface area contributed by atoms with E-state index >= 15 is 0 Å². The highest BCUT2D eigenvalue weighted by Gasteiger charge is 2.20. The zero-order chi connectivity index (χ0) is 15.8. The standard InChI is InChI=1S/C18H37N3/c1-15(2)7-10-21-11-8-17(9-12-21)19-14-18(20(5)6)13-16(3)4/h7,16-19H,8-14H2,1-6H3. The van der Waals surface area contributed by atoms with Gasteiger partial charge in [-0.2, -0.15) is 0 Å². The van der Waals surface area contributed by atoms with Crippen molar-refractivity contribution in [2.75, 3.05) is 40.3 Å². The third kappa shape index (κ3) is 7.98. The Bertz CT molecular complexity index is 298. The van der Waals surface area contributed by atoms with Crippen LogP contribution in [0.2, 0.25) is 0 Å². The maximum atomic E-state index is 3.81. The first kappa shape index (κ1) is 18.7. The Labute approximate surface area is 132 Å². The summed E-state index contributed by atoms with van der Waals surface area (Å²) in [5.41, 5.74) is 1.43. The van der Waals surface area contributed by atoms with Crippen LogP contribution >= 0.6 is 0 Å². The minimum atomic E-state index is 0.661. The van der Waals surface area contributed by atoms with E-state index in [4.69, 9.17) is 0 Å². The third-order valence-corrected chi connectivity index (χ3v) is 4.46. The molecule has 21 heavy (non-hydrogen) atoms. The minimum absolute atomic E-state index is 0.661. The number of hydrogen-bond donors (Lipinski definition) is 1. The summed E-state index contributed by atoms with van der Waals surface area (Å²) in [4.78, 5) is 4.94. The van der Waals surface area contributed by atoms with E-state index in [0.29, 0.717) is 12.1 Å². The van der Waals surface area contributed by atoms with Crippen LogP contribution in [0.25, 0.3) is 0 Å². The van der Waals surface area contributed by atoms with Crippen molar-refractivity contribution in [3.8, 4) is 0 Å². The predicted octanol–water partition coefficient (Wildman–Crippen LogP) is 2.98. The second-order valence-electron chi connectivity index (χ2n) is 7.51. The van der Waals surface area contributed by atoms with Gasteiger partial charge in [-0.25, -0.2) is 0 Å². The average molecular weight is 296 g/mol. The summed E-state index contributed by atoms with van der Waals surface area (Å²) in [6.45, 7) is 13.7. The number of allylic oxidation sites excluding steroid dienone is 1. The zero-order valence-corrected chi connectivity index (χ0v) is 15.2. The molecule has 0 aromatic carbocycles. The molecule has 0 radical (unpaired) electrons. The summed E-state index contributed by atoms with van der Waals surface area (Å²) >= 11 is 0. The molecule has 1 aliphatic heterocycles. The van der Waals surface area contributed by atoms with Gasteiger partial charge in [0.15, 0.2) is 0 Å². The topological polar surface area (TPSA) is 18.5 Å². The zero-order valence-electron chi connectivity index (χ0n) is 15.2. The van der Waals surface area contributed by atoms with Gasteiger partial charge in [0.2, 0.25) is 0 Å². The fraction of sp³-hybridized carbons (Fsp3) is 0.889. The molecule has 3 heteroatoms. The van der Waals surface area contributed by atoms with Crippen LogP contribution in [-0.2, 0) is 0 Å². The minimum Gasteiger partial charge on any atom is -0.312 e. The molecule has 1 saturated heterocycles. The lowest BCUT2D eigenvalue weighted by molar-refractivity contribution is 0.194. The first-order chi connectivity index (χ1) is 9.88. The Kier molecular flexibility index (Phi) is 8.53. The fourth-order valence-electron chi connectivity index (χ4n) is 2.95. The van der Waals surface area contributed by atoms with Gasteiger partial charge in [0.05, 0.1) is 0 Å². The van der Waals surface area contributed by atoms with Crippen molar-refractivity contribution in [2.45, 2.75) is 59.0 Å². The lowest BCUT2D eigenvalue weighted by Gasteiger charge is -2.34. The Hall–Kier alpha value is -0.380. The SMILES string of the molecule is CC(C)=CCN1CCC(NCC(CC(C)C)N(C)C)CC1. The number of nitrogens with one attached hydrogen (secondary N) is 1. The summed E-state index contributed by atoms with van der Waals surface area (Å²) < 4.78 is 0. The van der Waals surface area contributed by atoms with Gasteiger partial charge in [-0.1, -0.05) is 25.5 Å². The Morgan fingerprint density at radius 2 is 1.86 bits per heavy atom. The molecule has 1 atom stereocenters. The fourth-order valence-corrected chi connectivity index (χ4v) is 2.95. The average Bonchev–Trinajstić information content (AvgIpc) is 2.41. The summed E-state index contributed by atoms with van der Waals surface area (Å²) in [5, 5.41) is 3.81. The largest absolute Gasteiger partial charge is 0.312 e. The van der Waals surface area contributed by atoms with Crippen molar-refractivity contribution in [2.24, 2.45) is 5.92 Å². The highest BCUT2D eigenvalue weighted by atomic mass is 15.2. The second-order valence-corrected chi connectivity index (χ2v) is 7.51. The Balaban J connectivity index is 2.27. The normalized spacial score (nSPS) is 19.2. The molecular formula is C18H37N3. The molecule has 1 N–H and O–H groups in total. The number of piperidine rings is 1. The van der Waals surface area contributed by atoms with Gasteiger partial charge < -0.3 is 10.2 Å². The first-order valence-corrected chi connectivity index (χ1v) is 8.64. The van der Waals surface area contributed by atoms with Crippen molar-refractivity contribution in [3.05, 3.63) is 11.6 Å². The molecule has 0 aromatic rings. The number of rotatable bonds is 8. The molecule has 1 aliphatic rings. The predicted molar refractivity (Wildman–Crippen MR) is 93.8 cm³/mol. The highest BCUT2D eigenvalue weighted by Crippen LogP contribution is 2.13. The molecule has 1 heterocycles. The van der Waals surface area contributed by atoms with Gasteiger partial charge in [-0.3, -0.25) is 4.90 Å². The maximum Gasteiger partial charge on any atom is 0.0217 e. The summed E-state index contributed by atoms with van der Waals surface area (Å²) in [7, 11) is 4.41. The van der Waals surface area contributed by atoms with E-state index in [1.807, 2.05) is 0 Å². The monoisotopic (exact) mass is 295 g/mol. The summed E-state index contributed by atoms with van der Waals surface area (Å²) in [5.74, 6) is 0.769. The van der Waals surface area contributed by atoms with Gasteiger partial charge >= 0.3 is 0 Å². The highest BCUT2D eigenvalue weighted by molar-refractivity contribution is 4.95. The third-order valence-electron chi connectivity index (χ3n) is 4.46. The smallest absolute Gasteiger partial charge is 0.0217 e. The van der Waals surface area contributed by atoms with Crippen LogP contribution in [-0.4, -0.2) is 62.2 Å². The number of likely N-dealkylation sites (N-methyl/N-ethyl adjacent to an activating group) is 1. The maximum absolute atomic E-state index is 3.81. The van der Waals surface area contributed by atoms with E-state index < -0.39 is 0 Å². The van der Waals surface area contributed by atoms with E-state index in [-0.39, 0.29) is 0 Å². The van der Waals surface area contributed by atoms with E-state index in [2.05, 4.69) is 63.0 Å². The van der Waals surface area contributed by atoms with Crippen molar-refractivity contribution in [1.29, 1.82) is 0 Å². The van der Waals surface area contributed by atoms with Crippen molar-refractivity contribution in [1.82, 2.24) is 15.1 Å². The molecule has 3 nitrogen and oxygen atoms in total. The van der Waals surface area contributed by atoms with Gasteiger partial charge in [-0.05, 0) is 66.2 Å². The molecule has 1 fully saturated rings. The lowest BCUT2D eigenvalue weighted by Crippen LogP contribution is -2.47. The number of hydrogen-bond acceptors (Lipinski definition) is 3. The first-order valence-electron chi connectivity index (χ1n) is 8.64. The van der Waals surface area contributed by atoms with Crippen LogP contribution in [0.5, 0.6) is 0 Å². The van der Waals surface area contributed by atoms with Gasteiger partial charge in [0, 0.05) is 25.2 Å². The molecule has 0 saturated carbocycles. The van der Waals surface area contributed by atoms with Gasteiger partial charge in [-0.15, -0.1) is 0 Å². The van der Waals surface area contributed by atoms with Crippen LogP contribution in [0, 0.1) is 5.92 Å². The van der Waals surface area contributed by atoms with Gasteiger partial charge in [0.25, 0.3) is 0 Å². The molecule has 124 valence electrons. The van der Waals surface area contributed by atoms with Crippen LogP contribution < -0.4 is 5.32 Å². The van der Waals surface area contributed by atoms with Crippen LogP contribution in [0.4, 0.5) is 0 Å². The van der Waals surface area contributed by atoms with Crippen LogP contribution in [0.1, 0.15) is 47.0 Å². The molecule has 0 spiro atoms. The lowest BCUT2D eigenvalue weighted by atomic mass is 10.0. The van der Waals surface area contributed by atoms with Crippen molar-refractivity contribution in [3.63, 3.8) is 0 Å². The van der Waals surface area contributed by atoms with E-state index in [1.165, 1.54) is 37.9 Å². The van der Waals surface area contributed by atoms with Crippen LogP contribution in [0.15, 0.2) is 11.6 Å². The van der Waals surface area contributed by atoms with Crippen LogP contribution in [0.3, 0.4) is 0 Å². The quantitative estimate of drug-likeness (QED) is 0.695. The second kappa shape index (κ2) is 9.60. The van der Waals surface area contributed by atoms with E-state index in [0.717, 1.165) is 19.0 Å². The Morgan fingerprint density at radius 1 is 1.24 bits per heavy atom. The van der Waals surface area contributed by atoms with Gasteiger partial charge in [0.1, 0.15) is 0 Å². The molecule has 1 unspecified atom stereocenters. The number of likely N-dealkylation sites (tertiary alicyclic amines) is 1. The molecule has 0 aliphatic carbocycles. The number of nitrogens with zero attached hydrogens (tertiary/aromatic N) is 2. The van der Waals surface area contributed by atoms with E-state index in [1.54, 1.807) is 0 Å². The molecule has 0 aromatic heterocycles. The van der Waals surface area contributed by atoms with Crippen molar-refractivity contribution < 1.29 is 0 Å². The summed E-state index contributed by atoms with van der Waals surface area (Å²) in [6.07, 6.45) is 6.20. The van der Waals surface area contributed by atoms with Crippen molar-refractivity contribution >= 4 is 0 Å². The molecule has 0 bridgehead atoms. The van der Waals surface area contributed by atoms with E-state index in [9.17, 15) is 0 Å². The Morgan fingerprint density at radius 3 is 2.33 bits per heavy atom. The molecular weight excluding hydrogens is 258 g/mol. The summed E-state index contributed by atoms with van der Waals surface area (Å²) in [6, 6.07) is 1.37. The molecule has 1 rings (SSSR count).